The first-order valence-electron chi connectivity index (χ1n) is 9.59. The van der Waals surface area contributed by atoms with Crippen LogP contribution in [0.2, 0.25) is 0 Å². The number of halogens is 1. The summed E-state index contributed by atoms with van der Waals surface area (Å²) < 4.78 is 20.0. The number of alkyl halides is 1. The first kappa shape index (κ1) is 19.6. The molecule has 0 heterocycles. The number of carbonyl (C=O) groups is 2. The van der Waals surface area contributed by atoms with E-state index in [0.29, 0.717) is 0 Å². The molecule has 0 saturated heterocycles. The molecule has 0 spiro atoms. The molecule has 3 aromatic carbocycles. The van der Waals surface area contributed by atoms with Crippen LogP contribution < -0.4 is 5.32 Å². The number of aliphatic carboxylic acids is 1. The van der Waals surface area contributed by atoms with Crippen molar-refractivity contribution in [3.8, 4) is 11.1 Å². The van der Waals surface area contributed by atoms with Gasteiger partial charge in [-0.25, -0.2) is 14.0 Å². The highest BCUT2D eigenvalue weighted by molar-refractivity contribution is 5.81. The highest BCUT2D eigenvalue weighted by atomic mass is 19.1. The minimum absolute atomic E-state index is 0.0223. The number of ether oxygens (including phenoxy) is 1. The Morgan fingerprint density at radius 2 is 1.43 bits per heavy atom. The topological polar surface area (TPSA) is 75.6 Å². The van der Waals surface area contributed by atoms with Gasteiger partial charge in [0, 0.05) is 5.92 Å². The van der Waals surface area contributed by atoms with E-state index in [-0.39, 0.29) is 18.1 Å². The quantitative estimate of drug-likeness (QED) is 0.624. The number of alkyl carbamates (subject to hydrolysis) is 1. The highest BCUT2D eigenvalue weighted by Gasteiger charge is 2.33. The first-order chi connectivity index (χ1) is 14.6. The average molecular weight is 405 g/mol. The molecule has 1 amide bonds. The zero-order valence-electron chi connectivity index (χ0n) is 16.0. The molecule has 2 N–H and O–H groups in total. The molecule has 0 saturated carbocycles. The van der Waals surface area contributed by atoms with Crippen LogP contribution in [-0.2, 0) is 9.53 Å². The van der Waals surface area contributed by atoms with Crippen LogP contribution in [0, 0.1) is 0 Å². The molecule has 5 nitrogen and oxygen atoms in total. The number of amides is 1. The van der Waals surface area contributed by atoms with E-state index < -0.39 is 24.3 Å². The highest BCUT2D eigenvalue weighted by Crippen LogP contribution is 2.44. The van der Waals surface area contributed by atoms with Crippen molar-refractivity contribution in [2.45, 2.75) is 18.1 Å². The SMILES string of the molecule is O=C(N[C@@H](C(=O)O)[C@@H](F)c1ccccc1)OCC1c2ccccc2-c2ccccc21. The monoisotopic (exact) mass is 405 g/mol. The molecule has 6 heteroatoms. The maximum Gasteiger partial charge on any atom is 0.407 e. The summed E-state index contributed by atoms with van der Waals surface area (Å²) in [6.07, 6.45) is -2.87. The fraction of sp³-hybridized carbons (Fsp3) is 0.167. The summed E-state index contributed by atoms with van der Waals surface area (Å²) in [5.41, 5.74) is 4.41. The molecule has 30 heavy (non-hydrogen) atoms. The maximum atomic E-state index is 14.7. The molecule has 0 bridgehead atoms. The third-order valence-corrected chi connectivity index (χ3v) is 5.29. The van der Waals surface area contributed by atoms with E-state index in [1.807, 2.05) is 48.5 Å². The van der Waals surface area contributed by atoms with Gasteiger partial charge in [-0.1, -0.05) is 78.9 Å². The Hall–Kier alpha value is -3.67. The number of hydrogen-bond acceptors (Lipinski definition) is 3. The van der Waals surface area contributed by atoms with Gasteiger partial charge in [0.1, 0.15) is 6.61 Å². The molecule has 152 valence electrons. The summed E-state index contributed by atoms with van der Waals surface area (Å²) in [4.78, 5) is 23.8. The number of nitrogens with one attached hydrogen (secondary N) is 1. The van der Waals surface area contributed by atoms with Crippen LogP contribution in [0.5, 0.6) is 0 Å². The molecule has 1 aliphatic rings. The number of benzene rings is 3. The van der Waals surface area contributed by atoms with Crippen molar-refractivity contribution < 1.29 is 23.8 Å². The second-order valence-corrected chi connectivity index (χ2v) is 7.10. The Kier molecular flexibility index (Phi) is 5.48. The summed E-state index contributed by atoms with van der Waals surface area (Å²) in [5, 5.41) is 11.5. The number of hydrogen-bond donors (Lipinski definition) is 2. The van der Waals surface area contributed by atoms with Gasteiger partial charge in [0.25, 0.3) is 0 Å². The van der Waals surface area contributed by atoms with Gasteiger partial charge in [-0.3, -0.25) is 0 Å². The molecule has 3 aromatic rings. The third kappa shape index (κ3) is 3.76. The minimum Gasteiger partial charge on any atom is -0.480 e. The third-order valence-electron chi connectivity index (χ3n) is 5.29. The van der Waals surface area contributed by atoms with E-state index in [0.717, 1.165) is 22.3 Å². The number of rotatable bonds is 6. The first-order valence-corrected chi connectivity index (χ1v) is 9.59. The fourth-order valence-corrected chi connectivity index (χ4v) is 3.86. The van der Waals surface area contributed by atoms with Gasteiger partial charge < -0.3 is 15.2 Å². The Labute approximate surface area is 173 Å². The van der Waals surface area contributed by atoms with E-state index in [1.165, 1.54) is 12.1 Å². The van der Waals surface area contributed by atoms with Gasteiger partial charge in [-0.15, -0.1) is 0 Å². The largest absolute Gasteiger partial charge is 0.480 e. The van der Waals surface area contributed by atoms with Crippen molar-refractivity contribution in [1.29, 1.82) is 0 Å². The molecular weight excluding hydrogens is 385 g/mol. The molecule has 0 aliphatic heterocycles. The molecule has 0 radical (unpaired) electrons. The van der Waals surface area contributed by atoms with Crippen molar-refractivity contribution in [3.05, 3.63) is 95.6 Å². The normalized spacial score (nSPS) is 14.3. The van der Waals surface area contributed by atoms with Crippen molar-refractivity contribution in [3.63, 3.8) is 0 Å². The minimum atomic E-state index is -1.90. The Morgan fingerprint density at radius 1 is 0.900 bits per heavy atom. The zero-order chi connectivity index (χ0) is 21.1. The van der Waals surface area contributed by atoms with E-state index in [2.05, 4.69) is 5.32 Å². The molecule has 0 fully saturated rings. The summed E-state index contributed by atoms with van der Waals surface area (Å²) in [7, 11) is 0. The van der Waals surface area contributed by atoms with Gasteiger partial charge >= 0.3 is 12.1 Å². The van der Waals surface area contributed by atoms with Crippen LogP contribution >= 0.6 is 0 Å². The molecular formula is C24H20FNO4. The standard InChI is InChI=1S/C24H20FNO4/c25-21(15-8-2-1-3-9-15)22(23(27)28)26-24(29)30-14-20-18-12-6-4-10-16(18)17-11-5-7-13-19(17)20/h1-13,20-22H,14H2,(H,26,29)(H,27,28)/t21-,22+/m0/s1. The number of carboxylic acids is 1. The number of carbonyl (C=O) groups excluding carboxylic acids is 1. The van der Waals surface area contributed by atoms with Gasteiger partial charge in [0.2, 0.25) is 0 Å². The van der Waals surface area contributed by atoms with E-state index in [1.54, 1.807) is 18.2 Å². The summed E-state index contributed by atoms with van der Waals surface area (Å²) in [5.74, 6) is -1.64. The smallest absolute Gasteiger partial charge is 0.407 e. The predicted octanol–water partition coefficient (Wildman–Crippen LogP) is 4.69. The van der Waals surface area contributed by atoms with E-state index in [9.17, 15) is 19.1 Å². The molecule has 2 atom stereocenters. The average Bonchev–Trinajstić information content (AvgIpc) is 3.10. The van der Waals surface area contributed by atoms with Crippen molar-refractivity contribution in [2.24, 2.45) is 0 Å². The fourth-order valence-electron chi connectivity index (χ4n) is 3.86. The zero-order valence-corrected chi connectivity index (χ0v) is 16.0. The molecule has 0 aromatic heterocycles. The Bertz CT molecular complexity index is 1020. The van der Waals surface area contributed by atoms with Crippen molar-refractivity contribution >= 4 is 12.1 Å². The molecule has 0 unspecified atom stereocenters. The van der Waals surface area contributed by atoms with E-state index >= 15 is 0 Å². The second kappa shape index (κ2) is 8.37. The van der Waals surface area contributed by atoms with Gasteiger partial charge in [0.15, 0.2) is 12.2 Å². The number of carboxylic acid groups (broad SMARTS) is 1. The van der Waals surface area contributed by atoms with Crippen LogP contribution in [0.15, 0.2) is 78.9 Å². The lowest BCUT2D eigenvalue weighted by Crippen LogP contribution is -2.44. The predicted molar refractivity (Wildman–Crippen MR) is 110 cm³/mol. The van der Waals surface area contributed by atoms with E-state index in [4.69, 9.17) is 4.74 Å². The summed E-state index contributed by atoms with van der Waals surface area (Å²) >= 11 is 0. The maximum absolute atomic E-state index is 14.7. The van der Waals surface area contributed by atoms with Crippen LogP contribution in [0.4, 0.5) is 9.18 Å². The summed E-state index contributed by atoms with van der Waals surface area (Å²) in [6, 6.07) is 21.8. The lowest BCUT2D eigenvalue weighted by atomic mass is 9.98. The Morgan fingerprint density at radius 3 is 2.00 bits per heavy atom. The summed E-state index contributed by atoms with van der Waals surface area (Å²) in [6.45, 7) is 0.0223. The molecule has 4 rings (SSSR count). The van der Waals surface area contributed by atoms with Gasteiger partial charge in [-0.2, -0.15) is 0 Å². The van der Waals surface area contributed by atoms with Crippen molar-refractivity contribution in [2.75, 3.05) is 6.61 Å². The van der Waals surface area contributed by atoms with Crippen LogP contribution in [-0.4, -0.2) is 29.8 Å². The number of fused-ring (bicyclic) bond motifs is 3. The van der Waals surface area contributed by atoms with Crippen LogP contribution in [0.1, 0.15) is 28.8 Å². The van der Waals surface area contributed by atoms with Crippen LogP contribution in [0.25, 0.3) is 11.1 Å². The lowest BCUT2D eigenvalue weighted by molar-refractivity contribution is -0.141. The van der Waals surface area contributed by atoms with Gasteiger partial charge in [0.05, 0.1) is 0 Å². The Balaban J connectivity index is 1.46. The second-order valence-electron chi connectivity index (χ2n) is 7.10. The van der Waals surface area contributed by atoms with Gasteiger partial charge in [-0.05, 0) is 27.8 Å². The lowest BCUT2D eigenvalue weighted by Gasteiger charge is -2.20. The van der Waals surface area contributed by atoms with Crippen molar-refractivity contribution in [1.82, 2.24) is 5.32 Å². The molecule has 1 aliphatic carbocycles. The van der Waals surface area contributed by atoms with Crippen LogP contribution in [0.3, 0.4) is 0 Å².